The molecule has 0 aromatic heterocycles. The van der Waals surface area contributed by atoms with Crippen molar-refractivity contribution in [1.82, 2.24) is 10.2 Å². The number of hydrogen-bond donors (Lipinski definition) is 1. The smallest absolute Gasteiger partial charge is 0.253 e. The van der Waals surface area contributed by atoms with Gasteiger partial charge in [0.2, 0.25) is 0 Å². The number of carbonyl (C=O) groups is 1. The number of nitrogens with zero attached hydrogens (tertiary/aromatic N) is 1. The first kappa shape index (κ1) is 14.4. The maximum Gasteiger partial charge on any atom is 0.253 e. The molecule has 114 valence electrons. The second kappa shape index (κ2) is 6.48. The summed E-state index contributed by atoms with van der Waals surface area (Å²) < 4.78 is 5.71. The highest BCUT2D eigenvalue weighted by molar-refractivity contribution is 5.94. The van der Waals surface area contributed by atoms with Crippen molar-refractivity contribution in [3.8, 4) is 5.75 Å². The van der Waals surface area contributed by atoms with Crippen LogP contribution in [0.25, 0.3) is 0 Å². The van der Waals surface area contributed by atoms with Gasteiger partial charge in [-0.15, -0.1) is 0 Å². The lowest BCUT2D eigenvalue weighted by Gasteiger charge is -2.31. The average Bonchev–Trinajstić information content (AvgIpc) is 3.37. The van der Waals surface area contributed by atoms with Crippen molar-refractivity contribution < 1.29 is 9.53 Å². The minimum Gasteiger partial charge on any atom is -0.493 e. The molecule has 1 heterocycles. The lowest BCUT2D eigenvalue weighted by atomic mass is 10.0. The molecule has 3 rings (SSSR count). The van der Waals surface area contributed by atoms with Crippen LogP contribution >= 0.6 is 0 Å². The monoisotopic (exact) mass is 288 g/mol. The van der Waals surface area contributed by atoms with Crippen LogP contribution in [0.1, 0.15) is 36.0 Å². The summed E-state index contributed by atoms with van der Waals surface area (Å²) in [5, 5.41) is 3.33. The van der Waals surface area contributed by atoms with Crippen molar-refractivity contribution in [2.75, 3.05) is 26.7 Å². The van der Waals surface area contributed by atoms with E-state index < -0.39 is 0 Å². The fourth-order valence-electron chi connectivity index (χ4n) is 2.76. The minimum atomic E-state index is 0.107. The Balaban J connectivity index is 1.57. The Morgan fingerprint density at radius 3 is 2.48 bits per heavy atom. The van der Waals surface area contributed by atoms with Gasteiger partial charge < -0.3 is 15.0 Å². The molecule has 1 aliphatic heterocycles. The third-order valence-electron chi connectivity index (χ3n) is 4.46. The summed E-state index contributed by atoms with van der Waals surface area (Å²) >= 11 is 0. The van der Waals surface area contributed by atoms with Gasteiger partial charge in [-0.25, -0.2) is 0 Å². The maximum atomic E-state index is 12.5. The van der Waals surface area contributed by atoms with Gasteiger partial charge in [-0.3, -0.25) is 4.79 Å². The predicted molar refractivity (Wildman–Crippen MR) is 82.6 cm³/mol. The zero-order chi connectivity index (χ0) is 14.7. The normalized spacial score (nSPS) is 19.3. The van der Waals surface area contributed by atoms with E-state index in [4.69, 9.17) is 4.74 Å². The molecule has 1 saturated carbocycles. The van der Waals surface area contributed by atoms with Crippen LogP contribution in [-0.4, -0.2) is 43.6 Å². The molecule has 1 saturated heterocycles. The van der Waals surface area contributed by atoms with Gasteiger partial charge in [0.15, 0.2) is 0 Å². The number of hydrogen-bond acceptors (Lipinski definition) is 3. The standard InChI is InChI=1S/C17H24N2O2/c1-19(15-8-10-18-11-9-15)17(20)14-4-6-16(7-5-14)21-12-13-2-3-13/h4-7,13,15,18H,2-3,8-12H2,1H3. The Kier molecular flexibility index (Phi) is 4.44. The third-order valence-corrected chi connectivity index (χ3v) is 4.46. The molecular formula is C17H24N2O2. The molecular weight excluding hydrogens is 264 g/mol. The van der Waals surface area contributed by atoms with E-state index in [0.29, 0.717) is 6.04 Å². The van der Waals surface area contributed by atoms with Gasteiger partial charge in [-0.05, 0) is 69.0 Å². The van der Waals surface area contributed by atoms with Gasteiger partial charge in [0.25, 0.3) is 5.91 Å². The SMILES string of the molecule is CN(C(=O)c1ccc(OCC2CC2)cc1)C1CCNCC1. The fraction of sp³-hybridized carbons (Fsp3) is 0.588. The molecule has 1 N–H and O–H groups in total. The molecule has 1 amide bonds. The van der Waals surface area contributed by atoms with Crippen molar-refractivity contribution in [3.05, 3.63) is 29.8 Å². The topological polar surface area (TPSA) is 41.6 Å². The molecule has 0 atom stereocenters. The van der Waals surface area contributed by atoms with Crippen LogP contribution < -0.4 is 10.1 Å². The molecule has 1 aromatic rings. The Labute approximate surface area is 126 Å². The summed E-state index contributed by atoms with van der Waals surface area (Å²) in [4.78, 5) is 14.4. The first-order valence-corrected chi connectivity index (χ1v) is 7.95. The summed E-state index contributed by atoms with van der Waals surface area (Å²) in [6.45, 7) is 2.80. The first-order chi connectivity index (χ1) is 10.2. The highest BCUT2D eigenvalue weighted by atomic mass is 16.5. The van der Waals surface area contributed by atoms with Gasteiger partial charge >= 0.3 is 0 Å². The van der Waals surface area contributed by atoms with Crippen molar-refractivity contribution >= 4 is 5.91 Å². The number of piperidine rings is 1. The van der Waals surface area contributed by atoms with Crippen LogP contribution in [-0.2, 0) is 0 Å². The second-order valence-electron chi connectivity index (χ2n) is 6.18. The highest BCUT2D eigenvalue weighted by Crippen LogP contribution is 2.29. The molecule has 0 bridgehead atoms. The van der Waals surface area contributed by atoms with Gasteiger partial charge in [-0.2, -0.15) is 0 Å². The summed E-state index contributed by atoms with van der Waals surface area (Å²) in [5.74, 6) is 1.72. The van der Waals surface area contributed by atoms with Crippen LogP contribution in [0.15, 0.2) is 24.3 Å². The number of benzene rings is 1. The molecule has 0 radical (unpaired) electrons. The molecule has 4 heteroatoms. The second-order valence-corrected chi connectivity index (χ2v) is 6.18. The zero-order valence-electron chi connectivity index (χ0n) is 12.7. The van der Waals surface area contributed by atoms with E-state index in [1.165, 1.54) is 12.8 Å². The number of ether oxygens (including phenoxy) is 1. The Morgan fingerprint density at radius 2 is 1.86 bits per heavy atom. The van der Waals surface area contributed by atoms with E-state index in [2.05, 4.69) is 5.32 Å². The quantitative estimate of drug-likeness (QED) is 0.904. The van der Waals surface area contributed by atoms with E-state index >= 15 is 0 Å². The Hall–Kier alpha value is -1.55. The van der Waals surface area contributed by atoms with Crippen molar-refractivity contribution in [3.63, 3.8) is 0 Å². The summed E-state index contributed by atoms with van der Waals surface area (Å²) in [7, 11) is 1.91. The molecule has 2 fully saturated rings. The van der Waals surface area contributed by atoms with E-state index in [1.807, 2.05) is 36.2 Å². The molecule has 2 aliphatic rings. The van der Waals surface area contributed by atoms with E-state index in [-0.39, 0.29) is 5.91 Å². The first-order valence-electron chi connectivity index (χ1n) is 7.95. The average molecular weight is 288 g/mol. The van der Waals surface area contributed by atoms with Gasteiger partial charge in [-0.1, -0.05) is 0 Å². The van der Waals surface area contributed by atoms with Gasteiger partial charge in [0.05, 0.1) is 6.61 Å². The molecule has 1 aromatic carbocycles. The van der Waals surface area contributed by atoms with Crippen molar-refractivity contribution in [2.24, 2.45) is 5.92 Å². The van der Waals surface area contributed by atoms with Crippen LogP contribution in [0.5, 0.6) is 5.75 Å². The third kappa shape index (κ3) is 3.76. The number of nitrogens with one attached hydrogen (secondary N) is 1. The maximum absolute atomic E-state index is 12.5. The van der Waals surface area contributed by atoms with Crippen LogP contribution in [0.3, 0.4) is 0 Å². The van der Waals surface area contributed by atoms with Crippen molar-refractivity contribution in [2.45, 2.75) is 31.7 Å². The highest BCUT2D eigenvalue weighted by Gasteiger charge is 2.23. The van der Waals surface area contributed by atoms with Crippen LogP contribution in [0.4, 0.5) is 0 Å². The zero-order valence-corrected chi connectivity index (χ0v) is 12.7. The molecule has 0 unspecified atom stereocenters. The minimum absolute atomic E-state index is 0.107. The van der Waals surface area contributed by atoms with E-state index in [9.17, 15) is 4.79 Å². The van der Waals surface area contributed by atoms with E-state index in [1.54, 1.807) is 0 Å². The molecule has 4 nitrogen and oxygen atoms in total. The number of rotatable bonds is 5. The molecule has 1 aliphatic carbocycles. The lowest BCUT2D eigenvalue weighted by Crippen LogP contribution is -2.43. The molecule has 21 heavy (non-hydrogen) atoms. The number of carbonyl (C=O) groups excluding carboxylic acids is 1. The van der Waals surface area contributed by atoms with Crippen molar-refractivity contribution in [1.29, 1.82) is 0 Å². The summed E-state index contributed by atoms with van der Waals surface area (Å²) in [5.41, 5.74) is 0.745. The molecule has 0 spiro atoms. The van der Waals surface area contributed by atoms with Gasteiger partial charge in [0.1, 0.15) is 5.75 Å². The largest absolute Gasteiger partial charge is 0.493 e. The fourth-order valence-corrected chi connectivity index (χ4v) is 2.76. The predicted octanol–water partition coefficient (Wildman–Crippen LogP) is 2.30. The summed E-state index contributed by atoms with van der Waals surface area (Å²) in [6.07, 6.45) is 4.64. The van der Waals surface area contributed by atoms with E-state index in [0.717, 1.165) is 49.8 Å². The van der Waals surface area contributed by atoms with Crippen LogP contribution in [0.2, 0.25) is 0 Å². The van der Waals surface area contributed by atoms with Crippen LogP contribution in [0, 0.1) is 5.92 Å². The Morgan fingerprint density at radius 1 is 1.19 bits per heavy atom. The summed E-state index contributed by atoms with van der Waals surface area (Å²) in [6, 6.07) is 7.92. The lowest BCUT2D eigenvalue weighted by molar-refractivity contribution is 0.0703. The van der Waals surface area contributed by atoms with Gasteiger partial charge in [0, 0.05) is 18.7 Å². The Bertz CT molecular complexity index is 476. The number of amides is 1.